The smallest absolute Gasteiger partial charge is 0.323 e. The minimum absolute atomic E-state index is 0.153. The number of piperidine rings is 1. The van der Waals surface area contributed by atoms with E-state index in [1.165, 1.54) is 5.57 Å². The summed E-state index contributed by atoms with van der Waals surface area (Å²) in [6, 6.07) is 11.2. The molecule has 0 radical (unpaired) electrons. The van der Waals surface area contributed by atoms with Crippen LogP contribution in [0.3, 0.4) is 0 Å². The van der Waals surface area contributed by atoms with Gasteiger partial charge in [-0.1, -0.05) is 42.3 Å². The zero-order chi connectivity index (χ0) is 22.5. The van der Waals surface area contributed by atoms with Crippen LogP contribution in [0.4, 0.5) is 10.6 Å². The highest BCUT2D eigenvalue weighted by Gasteiger charge is 2.24. The number of halogens is 1. The second kappa shape index (κ2) is 9.78. The number of carbonyl (C=O) groups is 1. The summed E-state index contributed by atoms with van der Waals surface area (Å²) >= 11 is 5.88. The fraction of sp³-hybridized carbons (Fsp3) is 0.250. The number of pyridine rings is 1. The number of anilines is 1. The van der Waals surface area contributed by atoms with Crippen molar-refractivity contribution in [2.75, 3.05) is 18.4 Å². The van der Waals surface area contributed by atoms with Gasteiger partial charge in [-0.15, -0.1) is 0 Å². The summed E-state index contributed by atoms with van der Waals surface area (Å²) in [5.41, 5.74) is 3.15. The molecule has 0 aliphatic carbocycles. The normalized spacial score (nSPS) is 17.3. The number of aryl methyl sites for hydroxylation is 1. The van der Waals surface area contributed by atoms with E-state index >= 15 is 0 Å². The number of rotatable bonds is 4. The van der Waals surface area contributed by atoms with E-state index in [4.69, 9.17) is 16.3 Å². The van der Waals surface area contributed by atoms with E-state index in [0.717, 1.165) is 17.7 Å². The van der Waals surface area contributed by atoms with Crippen LogP contribution in [0.25, 0.3) is 6.08 Å². The zero-order valence-corrected chi connectivity index (χ0v) is 18.7. The second-order valence-corrected chi connectivity index (χ2v) is 8.22. The van der Waals surface area contributed by atoms with Gasteiger partial charge in [0.2, 0.25) is 5.88 Å². The molecule has 1 aromatic carbocycles. The molecular formula is C24H24ClN5O2. The SMILES string of the molecule is Cc1cnc(NC(=O)N2CCC(=Cc3cccc(Oc4ccc(Cl)cn4)c3)C(C)C2)cn1. The number of nitrogens with one attached hydrogen (secondary N) is 1. The third kappa shape index (κ3) is 5.62. The molecule has 1 aliphatic rings. The Morgan fingerprint density at radius 1 is 1.19 bits per heavy atom. The third-order valence-electron chi connectivity index (χ3n) is 5.23. The highest BCUT2D eigenvalue weighted by molar-refractivity contribution is 6.30. The van der Waals surface area contributed by atoms with Crippen molar-refractivity contribution in [3.63, 3.8) is 0 Å². The van der Waals surface area contributed by atoms with Crippen LogP contribution in [-0.4, -0.2) is 39.0 Å². The predicted octanol–water partition coefficient (Wildman–Crippen LogP) is 5.58. The molecular weight excluding hydrogens is 426 g/mol. The number of carbonyl (C=O) groups excluding carboxylic acids is 1. The van der Waals surface area contributed by atoms with Crippen molar-refractivity contribution < 1.29 is 9.53 Å². The summed E-state index contributed by atoms with van der Waals surface area (Å²) < 4.78 is 5.83. The molecule has 8 heteroatoms. The summed E-state index contributed by atoms with van der Waals surface area (Å²) in [5.74, 6) is 1.89. The molecule has 7 nitrogen and oxygen atoms in total. The van der Waals surface area contributed by atoms with E-state index in [0.29, 0.717) is 35.6 Å². The van der Waals surface area contributed by atoms with Gasteiger partial charge in [-0.2, -0.15) is 0 Å². The second-order valence-electron chi connectivity index (χ2n) is 7.78. The van der Waals surface area contributed by atoms with Crippen LogP contribution in [0.1, 0.15) is 24.6 Å². The highest BCUT2D eigenvalue weighted by atomic mass is 35.5. The van der Waals surface area contributed by atoms with Crippen molar-refractivity contribution in [2.24, 2.45) is 5.92 Å². The Morgan fingerprint density at radius 3 is 2.78 bits per heavy atom. The lowest BCUT2D eigenvalue weighted by Crippen LogP contribution is -2.42. The summed E-state index contributed by atoms with van der Waals surface area (Å²) in [7, 11) is 0. The predicted molar refractivity (Wildman–Crippen MR) is 125 cm³/mol. The fourth-order valence-electron chi connectivity index (χ4n) is 3.52. The maximum Gasteiger partial charge on any atom is 0.323 e. The van der Waals surface area contributed by atoms with Crippen molar-refractivity contribution in [2.45, 2.75) is 20.3 Å². The molecule has 1 saturated heterocycles. The molecule has 1 aliphatic heterocycles. The lowest BCUT2D eigenvalue weighted by Gasteiger charge is -2.33. The van der Waals surface area contributed by atoms with Crippen LogP contribution in [0.15, 0.2) is 60.6 Å². The fourth-order valence-corrected chi connectivity index (χ4v) is 3.63. The maximum atomic E-state index is 12.6. The average Bonchev–Trinajstić information content (AvgIpc) is 2.78. The quantitative estimate of drug-likeness (QED) is 0.562. The molecule has 1 unspecified atom stereocenters. The van der Waals surface area contributed by atoms with Crippen LogP contribution in [-0.2, 0) is 0 Å². The van der Waals surface area contributed by atoms with Gasteiger partial charge in [-0.3, -0.25) is 10.3 Å². The number of aromatic nitrogens is 3. The molecule has 2 amide bonds. The van der Waals surface area contributed by atoms with Crippen molar-refractivity contribution in [1.29, 1.82) is 0 Å². The van der Waals surface area contributed by atoms with Gasteiger partial charge in [-0.25, -0.2) is 14.8 Å². The maximum absolute atomic E-state index is 12.6. The van der Waals surface area contributed by atoms with Gasteiger partial charge in [0.1, 0.15) is 5.75 Å². The summed E-state index contributed by atoms with van der Waals surface area (Å²) in [6.07, 6.45) is 7.74. The molecule has 32 heavy (non-hydrogen) atoms. The van der Waals surface area contributed by atoms with E-state index in [2.05, 4.69) is 33.3 Å². The van der Waals surface area contributed by atoms with E-state index in [-0.39, 0.29) is 11.9 Å². The monoisotopic (exact) mass is 449 g/mol. The molecule has 0 bridgehead atoms. The van der Waals surface area contributed by atoms with Gasteiger partial charge in [0.15, 0.2) is 5.82 Å². The lowest BCUT2D eigenvalue weighted by molar-refractivity contribution is 0.197. The Hall–Kier alpha value is -3.45. The van der Waals surface area contributed by atoms with Gasteiger partial charge in [0, 0.05) is 25.4 Å². The Bertz CT molecular complexity index is 1120. The van der Waals surface area contributed by atoms with Crippen LogP contribution in [0.2, 0.25) is 5.02 Å². The molecule has 3 heterocycles. The first-order valence-corrected chi connectivity index (χ1v) is 10.8. The number of nitrogens with zero attached hydrogens (tertiary/aromatic N) is 4. The number of amides is 2. The highest BCUT2D eigenvalue weighted by Crippen LogP contribution is 2.27. The number of hydrogen-bond acceptors (Lipinski definition) is 5. The van der Waals surface area contributed by atoms with Crippen LogP contribution in [0.5, 0.6) is 11.6 Å². The number of hydrogen-bond donors (Lipinski definition) is 1. The van der Waals surface area contributed by atoms with Gasteiger partial charge in [-0.05, 0) is 43.0 Å². The first-order valence-electron chi connectivity index (χ1n) is 10.4. The van der Waals surface area contributed by atoms with E-state index in [9.17, 15) is 4.79 Å². The molecule has 4 rings (SSSR count). The zero-order valence-electron chi connectivity index (χ0n) is 18.0. The number of likely N-dealkylation sites (tertiary alicyclic amines) is 1. The number of benzene rings is 1. The van der Waals surface area contributed by atoms with Crippen LogP contribution < -0.4 is 10.1 Å². The van der Waals surface area contributed by atoms with Gasteiger partial charge in [0.25, 0.3) is 0 Å². The molecule has 3 aromatic rings. The van der Waals surface area contributed by atoms with Gasteiger partial charge < -0.3 is 9.64 Å². The van der Waals surface area contributed by atoms with Crippen molar-refractivity contribution in [3.05, 3.63) is 76.8 Å². The first-order chi connectivity index (χ1) is 15.5. The molecule has 1 fully saturated rings. The Labute approximate surface area is 192 Å². The van der Waals surface area contributed by atoms with Crippen LogP contribution in [0, 0.1) is 12.8 Å². The Balaban J connectivity index is 1.38. The van der Waals surface area contributed by atoms with Gasteiger partial charge >= 0.3 is 6.03 Å². The topological polar surface area (TPSA) is 80.2 Å². The van der Waals surface area contributed by atoms with E-state index in [1.54, 1.807) is 30.7 Å². The van der Waals surface area contributed by atoms with E-state index in [1.807, 2.05) is 36.1 Å². The summed E-state index contributed by atoms with van der Waals surface area (Å²) in [6.45, 7) is 5.28. The van der Waals surface area contributed by atoms with Crippen molar-refractivity contribution in [3.8, 4) is 11.6 Å². The Morgan fingerprint density at radius 2 is 2.06 bits per heavy atom. The Kier molecular flexibility index (Phi) is 6.66. The van der Waals surface area contributed by atoms with Crippen molar-refractivity contribution in [1.82, 2.24) is 19.9 Å². The lowest BCUT2D eigenvalue weighted by atomic mass is 9.91. The van der Waals surface area contributed by atoms with E-state index < -0.39 is 0 Å². The largest absolute Gasteiger partial charge is 0.439 e. The molecule has 0 saturated carbocycles. The third-order valence-corrected chi connectivity index (χ3v) is 5.46. The molecule has 0 spiro atoms. The summed E-state index contributed by atoms with van der Waals surface area (Å²) in [5, 5.41) is 3.39. The molecule has 1 atom stereocenters. The average molecular weight is 450 g/mol. The summed E-state index contributed by atoms with van der Waals surface area (Å²) in [4.78, 5) is 26.9. The molecule has 1 N–H and O–H groups in total. The standard InChI is InChI=1S/C24H24ClN5O2/c1-16-15-30(24(31)29-22-14-26-17(2)12-27-22)9-8-19(16)10-18-4-3-5-21(11-18)32-23-7-6-20(25)13-28-23/h3-7,10-14,16H,8-9,15H2,1-2H3,(H,27,29,31). The minimum Gasteiger partial charge on any atom is -0.439 e. The van der Waals surface area contributed by atoms with Crippen LogP contribution >= 0.6 is 11.6 Å². The number of ether oxygens (including phenoxy) is 1. The van der Waals surface area contributed by atoms with Crippen molar-refractivity contribution >= 4 is 29.5 Å². The number of urea groups is 1. The first kappa shape index (κ1) is 21.8. The minimum atomic E-state index is -0.153. The van der Waals surface area contributed by atoms with Gasteiger partial charge in [0.05, 0.1) is 23.1 Å². The molecule has 164 valence electrons. The molecule has 2 aromatic heterocycles.